The van der Waals surface area contributed by atoms with Crippen molar-refractivity contribution in [2.45, 2.75) is 44.8 Å². The van der Waals surface area contributed by atoms with E-state index in [1.807, 2.05) is 24.5 Å². The average Bonchev–Trinajstić information content (AvgIpc) is 3.06. The van der Waals surface area contributed by atoms with Crippen LogP contribution in [0.4, 0.5) is 0 Å². The summed E-state index contributed by atoms with van der Waals surface area (Å²) in [6.07, 6.45) is 4.76. The van der Waals surface area contributed by atoms with Crippen molar-refractivity contribution in [1.29, 1.82) is 0 Å². The van der Waals surface area contributed by atoms with Crippen molar-refractivity contribution in [2.75, 3.05) is 26.4 Å². The van der Waals surface area contributed by atoms with Gasteiger partial charge in [0, 0.05) is 38.1 Å². The first-order valence-corrected chi connectivity index (χ1v) is 11.3. The molecule has 1 heterocycles. The number of hydrogen-bond acceptors (Lipinski definition) is 4. The minimum Gasteiger partial charge on any atom is -0.356 e. The van der Waals surface area contributed by atoms with Gasteiger partial charge in [0.15, 0.2) is 11.1 Å². The van der Waals surface area contributed by atoms with E-state index in [0.717, 1.165) is 66.4 Å². The van der Waals surface area contributed by atoms with Crippen LogP contribution in [0.5, 0.6) is 0 Å². The quantitative estimate of drug-likeness (QED) is 0.265. The lowest BCUT2D eigenvalue weighted by molar-refractivity contribution is 0.477. The number of hydrogen-bond donors (Lipinski definition) is 2. The van der Waals surface area contributed by atoms with E-state index < -0.39 is 0 Å². The molecule has 0 aliphatic heterocycles. The number of aromatic nitrogens is 3. The number of halogens is 1. The number of aryl methyl sites for hydroxylation is 1. The highest BCUT2D eigenvalue weighted by Gasteiger charge is 2.12. The van der Waals surface area contributed by atoms with E-state index in [4.69, 9.17) is 11.6 Å². The van der Waals surface area contributed by atoms with Crippen LogP contribution in [0.3, 0.4) is 0 Å². The van der Waals surface area contributed by atoms with Gasteiger partial charge in [-0.25, -0.2) is 0 Å². The topological polar surface area (TPSA) is 67.1 Å². The molecule has 0 saturated heterocycles. The lowest BCUT2D eigenvalue weighted by atomic mass is 10.1. The molecule has 0 aliphatic carbocycles. The molecule has 0 spiro atoms. The minimum atomic E-state index is 0.569. The standard InChI is InChI=1S/C20H31ClN6S/c1-15(2)14-27-18(25-26-20(27)28-4)10-7-12-23-19(22-3)24-13-11-16-8-5-6-9-17(16)21/h5-6,8-9,15H,7,10-14H2,1-4H3,(H2,22,23,24). The van der Waals surface area contributed by atoms with Gasteiger partial charge in [-0.15, -0.1) is 10.2 Å². The second-order valence-electron chi connectivity index (χ2n) is 6.98. The molecule has 0 amide bonds. The normalized spacial score (nSPS) is 11.9. The Balaban J connectivity index is 1.74. The maximum Gasteiger partial charge on any atom is 0.190 e. The largest absolute Gasteiger partial charge is 0.356 e. The van der Waals surface area contributed by atoms with E-state index in [2.05, 4.69) is 50.3 Å². The van der Waals surface area contributed by atoms with Crippen molar-refractivity contribution in [3.8, 4) is 0 Å². The van der Waals surface area contributed by atoms with Gasteiger partial charge in [0.05, 0.1) is 0 Å². The van der Waals surface area contributed by atoms with Crippen LogP contribution in [0, 0.1) is 5.92 Å². The minimum absolute atomic E-state index is 0.569. The van der Waals surface area contributed by atoms with Crippen molar-refractivity contribution >= 4 is 29.3 Å². The van der Waals surface area contributed by atoms with Crippen LogP contribution < -0.4 is 10.6 Å². The molecule has 1 aromatic carbocycles. The maximum absolute atomic E-state index is 6.20. The summed E-state index contributed by atoms with van der Waals surface area (Å²) in [6, 6.07) is 7.93. The number of guanidine groups is 1. The summed E-state index contributed by atoms with van der Waals surface area (Å²) < 4.78 is 2.24. The molecule has 0 aliphatic rings. The van der Waals surface area contributed by atoms with Gasteiger partial charge in [-0.05, 0) is 36.6 Å². The third kappa shape index (κ3) is 7.02. The zero-order valence-electron chi connectivity index (χ0n) is 17.2. The molecule has 0 radical (unpaired) electrons. The highest BCUT2D eigenvalue weighted by atomic mass is 35.5. The molecule has 6 nitrogen and oxygen atoms in total. The number of nitrogens with zero attached hydrogens (tertiary/aromatic N) is 4. The fraction of sp³-hybridized carbons (Fsp3) is 0.550. The molecular weight excluding hydrogens is 392 g/mol. The Hall–Kier alpha value is -1.73. The van der Waals surface area contributed by atoms with E-state index in [1.54, 1.807) is 18.8 Å². The first kappa shape index (κ1) is 22.6. The zero-order valence-corrected chi connectivity index (χ0v) is 18.8. The van der Waals surface area contributed by atoms with Crippen LogP contribution in [0.15, 0.2) is 34.4 Å². The van der Waals surface area contributed by atoms with E-state index >= 15 is 0 Å². The summed E-state index contributed by atoms with van der Waals surface area (Å²) in [7, 11) is 1.79. The average molecular weight is 423 g/mol. The lowest BCUT2D eigenvalue weighted by Gasteiger charge is -2.13. The van der Waals surface area contributed by atoms with Gasteiger partial charge in [0.2, 0.25) is 0 Å². The Labute approximate surface area is 177 Å². The molecule has 0 unspecified atom stereocenters. The number of rotatable bonds is 10. The molecule has 154 valence electrons. The van der Waals surface area contributed by atoms with E-state index in [1.165, 1.54) is 0 Å². The smallest absolute Gasteiger partial charge is 0.190 e. The fourth-order valence-electron chi connectivity index (χ4n) is 2.89. The first-order valence-electron chi connectivity index (χ1n) is 9.69. The zero-order chi connectivity index (χ0) is 20.4. The molecule has 0 fully saturated rings. The number of benzene rings is 1. The van der Waals surface area contributed by atoms with Gasteiger partial charge in [-0.1, -0.05) is 55.4 Å². The highest BCUT2D eigenvalue weighted by molar-refractivity contribution is 7.98. The van der Waals surface area contributed by atoms with E-state index in [9.17, 15) is 0 Å². The molecule has 28 heavy (non-hydrogen) atoms. The number of nitrogens with one attached hydrogen (secondary N) is 2. The van der Waals surface area contributed by atoms with Gasteiger partial charge in [0.1, 0.15) is 5.82 Å². The summed E-state index contributed by atoms with van der Waals surface area (Å²) >= 11 is 7.85. The van der Waals surface area contributed by atoms with Gasteiger partial charge >= 0.3 is 0 Å². The fourth-order valence-corrected chi connectivity index (χ4v) is 3.65. The third-order valence-electron chi connectivity index (χ3n) is 4.26. The van der Waals surface area contributed by atoms with Crippen LogP contribution in [0.25, 0.3) is 0 Å². The van der Waals surface area contributed by atoms with Gasteiger partial charge in [-0.3, -0.25) is 4.99 Å². The highest BCUT2D eigenvalue weighted by Crippen LogP contribution is 2.17. The van der Waals surface area contributed by atoms with Gasteiger partial charge in [-0.2, -0.15) is 0 Å². The summed E-state index contributed by atoms with van der Waals surface area (Å²) in [6.45, 7) is 7.00. The van der Waals surface area contributed by atoms with Crippen LogP contribution in [-0.4, -0.2) is 47.1 Å². The second kappa shape index (κ2) is 12.0. The number of aliphatic imine (C=N–C) groups is 1. The SMILES string of the molecule is CN=C(NCCCc1nnc(SC)n1CC(C)C)NCCc1ccccc1Cl. The monoisotopic (exact) mass is 422 g/mol. The number of thioether (sulfide) groups is 1. The predicted octanol–water partition coefficient (Wildman–Crippen LogP) is 3.65. The Bertz CT molecular complexity index is 759. The second-order valence-corrected chi connectivity index (χ2v) is 8.16. The Morgan fingerprint density at radius 1 is 1.18 bits per heavy atom. The predicted molar refractivity (Wildman–Crippen MR) is 119 cm³/mol. The third-order valence-corrected chi connectivity index (χ3v) is 5.30. The molecule has 8 heteroatoms. The summed E-state index contributed by atoms with van der Waals surface area (Å²) in [5.41, 5.74) is 1.14. The van der Waals surface area contributed by atoms with Crippen molar-refractivity contribution < 1.29 is 0 Å². The van der Waals surface area contributed by atoms with E-state index in [-0.39, 0.29) is 0 Å². The van der Waals surface area contributed by atoms with Gasteiger partial charge in [0.25, 0.3) is 0 Å². The van der Waals surface area contributed by atoms with Crippen molar-refractivity contribution in [3.63, 3.8) is 0 Å². The van der Waals surface area contributed by atoms with Crippen LogP contribution in [0.2, 0.25) is 5.02 Å². The van der Waals surface area contributed by atoms with Crippen LogP contribution >= 0.6 is 23.4 Å². The van der Waals surface area contributed by atoms with Crippen molar-refractivity contribution in [1.82, 2.24) is 25.4 Å². The molecule has 0 atom stereocenters. The van der Waals surface area contributed by atoms with E-state index in [0.29, 0.717) is 5.92 Å². The molecule has 0 bridgehead atoms. The lowest BCUT2D eigenvalue weighted by Crippen LogP contribution is -2.38. The molecule has 2 N–H and O–H groups in total. The van der Waals surface area contributed by atoms with Crippen LogP contribution in [0.1, 0.15) is 31.7 Å². The summed E-state index contributed by atoms with van der Waals surface area (Å²) in [4.78, 5) is 4.29. The summed E-state index contributed by atoms with van der Waals surface area (Å²) in [5.74, 6) is 2.43. The molecule has 0 saturated carbocycles. The first-order chi connectivity index (χ1) is 13.5. The molecule has 2 aromatic rings. The van der Waals surface area contributed by atoms with Gasteiger partial charge < -0.3 is 15.2 Å². The summed E-state index contributed by atoms with van der Waals surface area (Å²) in [5, 5.41) is 17.2. The molecular formula is C20H31ClN6S. The maximum atomic E-state index is 6.20. The molecule has 1 aromatic heterocycles. The molecule has 2 rings (SSSR count). The Kier molecular flexibility index (Phi) is 9.64. The van der Waals surface area contributed by atoms with Crippen LogP contribution in [-0.2, 0) is 19.4 Å². The Morgan fingerprint density at radius 3 is 2.61 bits per heavy atom. The van der Waals surface area contributed by atoms with Crippen molar-refractivity contribution in [3.05, 3.63) is 40.7 Å². The van der Waals surface area contributed by atoms with Crippen molar-refractivity contribution in [2.24, 2.45) is 10.9 Å². The Morgan fingerprint density at radius 2 is 1.93 bits per heavy atom.